The Morgan fingerprint density at radius 3 is 2.73 bits per heavy atom. The van der Waals surface area contributed by atoms with Crippen molar-refractivity contribution in [2.45, 2.75) is 26.8 Å². The minimum absolute atomic E-state index is 0.00864. The van der Waals surface area contributed by atoms with Crippen molar-refractivity contribution in [3.63, 3.8) is 0 Å². The fourth-order valence-electron chi connectivity index (χ4n) is 2.50. The van der Waals surface area contributed by atoms with Crippen LogP contribution in [0.15, 0.2) is 18.2 Å². The molecule has 144 valence electrons. The second kappa shape index (κ2) is 8.57. The zero-order chi connectivity index (χ0) is 19.3. The van der Waals surface area contributed by atoms with Crippen LogP contribution in [0, 0.1) is 11.2 Å². The second-order valence-electron chi connectivity index (χ2n) is 7.48. The Bertz CT molecular complexity index is 660. The molecule has 4 N–H and O–H groups in total. The number of nitrogens with zero attached hydrogens (tertiary/aromatic N) is 1. The number of anilines is 2. The van der Waals surface area contributed by atoms with Crippen LogP contribution in [0.2, 0.25) is 0 Å². The molecule has 2 rings (SSSR count). The number of hydrogen-bond donors (Lipinski definition) is 3. The number of morpholine rings is 1. The van der Waals surface area contributed by atoms with E-state index < -0.39 is 17.8 Å². The largest absolute Gasteiger partial charge is 0.370 e. The van der Waals surface area contributed by atoms with Gasteiger partial charge in [0, 0.05) is 25.3 Å². The number of ether oxygens (including phenoxy) is 1. The molecule has 0 bridgehead atoms. The van der Waals surface area contributed by atoms with E-state index in [1.54, 1.807) is 6.07 Å². The summed E-state index contributed by atoms with van der Waals surface area (Å²) >= 11 is 0. The van der Waals surface area contributed by atoms with Crippen molar-refractivity contribution in [2.24, 2.45) is 11.1 Å². The Morgan fingerprint density at radius 1 is 1.42 bits per heavy atom. The monoisotopic (exact) mass is 366 g/mol. The first-order valence-electron chi connectivity index (χ1n) is 8.63. The quantitative estimate of drug-likeness (QED) is 0.700. The van der Waals surface area contributed by atoms with Gasteiger partial charge in [0.05, 0.1) is 18.3 Å². The van der Waals surface area contributed by atoms with Gasteiger partial charge in [0.1, 0.15) is 12.4 Å². The molecular formula is C18H27FN4O3. The maximum atomic E-state index is 14.4. The van der Waals surface area contributed by atoms with Crippen LogP contribution >= 0.6 is 0 Å². The van der Waals surface area contributed by atoms with Crippen LogP contribution in [0.1, 0.15) is 20.8 Å². The number of rotatable bonds is 6. The number of amides is 2. The third-order valence-electron chi connectivity index (χ3n) is 3.94. The fourth-order valence-corrected chi connectivity index (χ4v) is 2.50. The minimum Gasteiger partial charge on any atom is -0.370 e. The molecule has 0 spiro atoms. The van der Waals surface area contributed by atoms with Crippen LogP contribution in [-0.2, 0) is 14.3 Å². The van der Waals surface area contributed by atoms with Gasteiger partial charge in [-0.2, -0.15) is 0 Å². The topological polar surface area (TPSA) is 96.7 Å². The van der Waals surface area contributed by atoms with E-state index in [-0.39, 0.29) is 30.2 Å². The van der Waals surface area contributed by atoms with Gasteiger partial charge in [-0.15, -0.1) is 0 Å². The van der Waals surface area contributed by atoms with Gasteiger partial charge in [-0.05, 0) is 23.6 Å². The number of halogens is 1. The molecule has 0 aliphatic carbocycles. The standard InChI is InChI=1S/C18H27FN4O3/c1-18(2,3)11-21-15(9-20)17(25)22-14-5-4-12(8-13(14)19)23-6-7-26-10-16(23)24/h4-5,8,15,21H,6-7,9-11,20H2,1-3H3,(H,22,25)/t15-/m0/s1. The summed E-state index contributed by atoms with van der Waals surface area (Å²) in [7, 11) is 0. The van der Waals surface area contributed by atoms with Gasteiger partial charge in [0.15, 0.2) is 0 Å². The molecule has 0 radical (unpaired) electrons. The summed E-state index contributed by atoms with van der Waals surface area (Å²) in [4.78, 5) is 25.7. The molecule has 8 heteroatoms. The van der Waals surface area contributed by atoms with E-state index in [0.717, 1.165) is 0 Å². The predicted molar refractivity (Wildman–Crippen MR) is 98.5 cm³/mol. The van der Waals surface area contributed by atoms with Crippen molar-refractivity contribution >= 4 is 23.2 Å². The lowest BCUT2D eigenvalue weighted by Crippen LogP contribution is -2.48. The number of carbonyl (C=O) groups excluding carboxylic acids is 2. The maximum Gasteiger partial charge on any atom is 0.253 e. The zero-order valence-electron chi connectivity index (χ0n) is 15.5. The molecule has 0 saturated carbocycles. The van der Waals surface area contributed by atoms with Crippen LogP contribution in [-0.4, -0.2) is 50.7 Å². The SMILES string of the molecule is CC(C)(C)CN[C@@H](CN)C(=O)Nc1ccc(N2CCOCC2=O)cc1F. The summed E-state index contributed by atoms with van der Waals surface area (Å²) in [6, 6.07) is 3.66. The molecular weight excluding hydrogens is 339 g/mol. The fraction of sp³-hybridized carbons (Fsp3) is 0.556. The number of hydrogen-bond acceptors (Lipinski definition) is 5. The molecule has 0 aromatic heterocycles. The Balaban J connectivity index is 2.04. The highest BCUT2D eigenvalue weighted by atomic mass is 19.1. The van der Waals surface area contributed by atoms with E-state index >= 15 is 0 Å². The first-order valence-corrected chi connectivity index (χ1v) is 8.63. The smallest absolute Gasteiger partial charge is 0.253 e. The number of nitrogens with one attached hydrogen (secondary N) is 2. The van der Waals surface area contributed by atoms with Gasteiger partial charge >= 0.3 is 0 Å². The average molecular weight is 366 g/mol. The third-order valence-corrected chi connectivity index (χ3v) is 3.94. The van der Waals surface area contributed by atoms with Crippen LogP contribution in [0.5, 0.6) is 0 Å². The molecule has 1 aromatic rings. The normalized spacial score (nSPS) is 16.5. The number of nitrogens with two attached hydrogens (primary N) is 1. The number of benzene rings is 1. The highest BCUT2D eigenvalue weighted by Gasteiger charge is 2.23. The number of carbonyl (C=O) groups is 2. The molecule has 1 atom stereocenters. The van der Waals surface area contributed by atoms with Crippen LogP contribution < -0.4 is 21.3 Å². The van der Waals surface area contributed by atoms with Crippen molar-refractivity contribution in [3.05, 3.63) is 24.0 Å². The third kappa shape index (κ3) is 5.48. The van der Waals surface area contributed by atoms with E-state index in [0.29, 0.717) is 25.4 Å². The summed E-state index contributed by atoms with van der Waals surface area (Å²) in [6.45, 7) is 7.58. The zero-order valence-corrected chi connectivity index (χ0v) is 15.5. The first-order chi connectivity index (χ1) is 12.2. The lowest BCUT2D eigenvalue weighted by atomic mass is 9.96. The first kappa shape index (κ1) is 20.3. The van der Waals surface area contributed by atoms with E-state index in [2.05, 4.69) is 10.6 Å². The molecule has 1 fully saturated rings. The van der Waals surface area contributed by atoms with Gasteiger partial charge in [0.2, 0.25) is 5.91 Å². The second-order valence-corrected chi connectivity index (χ2v) is 7.48. The van der Waals surface area contributed by atoms with Crippen molar-refractivity contribution < 1.29 is 18.7 Å². The minimum atomic E-state index is -0.617. The maximum absolute atomic E-state index is 14.4. The molecule has 1 aromatic carbocycles. The van der Waals surface area contributed by atoms with Gasteiger partial charge < -0.3 is 26.0 Å². The lowest BCUT2D eigenvalue weighted by molar-refractivity contribution is -0.125. The summed E-state index contributed by atoms with van der Waals surface area (Å²) in [5, 5.41) is 5.65. The summed E-state index contributed by atoms with van der Waals surface area (Å²) in [5.74, 6) is -1.23. The highest BCUT2D eigenvalue weighted by molar-refractivity contribution is 5.97. The van der Waals surface area contributed by atoms with Gasteiger partial charge in [0.25, 0.3) is 5.91 Å². The Morgan fingerprint density at radius 2 is 2.15 bits per heavy atom. The molecule has 1 aliphatic heterocycles. The van der Waals surface area contributed by atoms with Crippen LogP contribution in [0.25, 0.3) is 0 Å². The average Bonchev–Trinajstić information content (AvgIpc) is 2.57. The van der Waals surface area contributed by atoms with Gasteiger partial charge in [-0.1, -0.05) is 20.8 Å². The van der Waals surface area contributed by atoms with E-state index in [1.807, 2.05) is 20.8 Å². The summed E-state index contributed by atoms with van der Waals surface area (Å²) in [6.07, 6.45) is 0. The van der Waals surface area contributed by atoms with Crippen LogP contribution in [0.3, 0.4) is 0 Å². The molecule has 1 aliphatic rings. The molecule has 2 amide bonds. The van der Waals surface area contributed by atoms with Crippen molar-refractivity contribution in [1.82, 2.24) is 5.32 Å². The predicted octanol–water partition coefficient (Wildman–Crippen LogP) is 1.09. The van der Waals surface area contributed by atoms with Gasteiger partial charge in [-0.3, -0.25) is 9.59 Å². The van der Waals surface area contributed by atoms with Crippen molar-refractivity contribution in [3.8, 4) is 0 Å². The lowest BCUT2D eigenvalue weighted by Gasteiger charge is -2.27. The molecule has 1 heterocycles. The Labute approximate surface area is 153 Å². The van der Waals surface area contributed by atoms with E-state index in [1.165, 1.54) is 17.0 Å². The summed E-state index contributed by atoms with van der Waals surface area (Å²) in [5.41, 5.74) is 6.14. The highest BCUT2D eigenvalue weighted by Crippen LogP contribution is 2.23. The summed E-state index contributed by atoms with van der Waals surface area (Å²) < 4.78 is 19.5. The van der Waals surface area contributed by atoms with Crippen LogP contribution in [0.4, 0.5) is 15.8 Å². The molecule has 26 heavy (non-hydrogen) atoms. The Kier molecular flexibility index (Phi) is 6.69. The molecule has 0 unspecified atom stereocenters. The van der Waals surface area contributed by atoms with Gasteiger partial charge in [-0.25, -0.2) is 4.39 Å². The molecule has 7 nitrogen and oxygen atoms in total. The molecule has 1 saturated heterocycles. The Hall–Kier alpha value is -2.03. The van der Waals surface area contributed by atoms with E-state index in [9.17, 15) is 14.0 Å². The van der Waals surface area contributed by atoms with Crippen molar-refractivity contribution in [1.29, 1.82) is 0 Å². The van der Waals surface area contributed by atoms with E-state index in [4.69, 9.17) is 10.5 Å². The van der Waals surface area contributed by atoms with Crippen molar-refractivity contribution in [2.75, 3.05) is 43.1 Å².